The van der Waals surface area contributed by atoms with Crippen LogP contribution in [0.15, 0.2) is 61.2 Å². The third kappa shape index (κ3) is 3.40. The molecule has 1 aromatic heterocycles. The number of methoxy groups -OCH3 is 1. The van der Waals surface area contributed by atoms with Gasteiger partial charge in [0.15, 0.2) is 0 Å². The molecule has 0 amide bonds. The van der Waals surface area contributed by atoms with Gasteiger partial charge in [-0.3, -0.25) is 0 Å². The Morgan fingerprint density at radius 1 is 1.09 bits per heavy atom. The van der Waals surface area contributed by atoms with Crippen molar-refractivity contribution in [1.82, 2.24) is 9.97 Å². The van der Waals surface area contributed by atoms with Crippen molar-refractivity contribution in [3.8, 4) is 5.75 Å². The van der Waals surface area contributed by atoms with Crippen LogP contribution < -0.4 is 15.4 Å². The van der Waals surface area contributed by atoms with Crippen molar-refractivity contribution in [2.24, 2.45) is 0 Å². The molecule has 0 spiro atoms. The molecular formula is C18H18N4O. The molecule has 23 heavy (non-hydrogen) atoms. The first-order chi connectivity index (χ1) is 11.3. The van der Waals surface area contributed by atoms with Crippen LogP contribution in [0.2, 0.25) is 0 Å². The maximum Gasteiger partial charge on any atom is 0.229 e. The molecule has 2 aromatic carbocycles. The first-order valence-electron chi connectivity index (χ1n) is 7.33. The van der Waals surface area contributed by atoms with E-state index in [0.717, 1.165) is 28.2 Å². The summed E-state index contributed by atoms with van der Waals surface area (Å²) >= 11 is 0. The van der Waals surface area contributed by atoms with Crippen LogP contribution in [0, 0.1) is 0 Å². The molecule has 3 rings (SSSR count). The average molecular weight is 306 g/mol. The summed E-state index contributed by atoms with van der Waals surface area (Å²) in [5.74, 6) is 2.13. The van der Waals surface area contributed by atoms with Gasteiger partial charge in [0.05, 0.1) is 12.6 Å². The number of aromatic nitrogens is 2. The zero-order valence-electron chi connectivity index (χ0n) is 12.9. The summed E-state index contributed by atoms with van der Waals surface area (Å²) in [4.78, 5) is 9.13. The molecule has 3 aromatic rings. The SMILES string of the molecule is C=CCNc1nc(Nc2ccc(OC)cc2)nc2ccccc12. The van der Waals surface area contributed by atoms with Gasteiger partial charge in [0.2, 0.25) is 5.95 Å². The Morgan fingerprint density at radius 3 is 2.61 bits per heavy atom. The van der Waals surface area contributed by atoms with Gasteiger partial charge in [-0.1, -0.05) is 18.2 Å². The first-order valence-corrected chi connectivity index (χ1v) is 7.33. The molecule has 5 nitrogen and oxygen atoms in total. The van der Waals surface area contributed by atoms with Gasteiger partial charge in [0.1, 0.15) is 11.6 Å². The number of hydrogen-bond donors (Lipinski definition) is 2. The van der Waals surface area contributed by atoms with Gasteiger partial charge in [0.25, 0.3) is 0 Å². The predicted molar refractivity (Wildman–Crippen MR) is 94.5 cm³/mol. The minimum Gasteiger partial charge on any atom is -0.497 e. The van der Waals surface area contributed by atoms with E-state index in [1.54, 1.807) is 13.2 Å². The van der Waals surface area contributed by atoms with Crippen LogP contribution in [-0.4, -0.2) is 23.6 Å². The number of nitrogens with one attached hydrogen (secondary N) is 2. The van der Waals surface area contributed by atoms with Crippen LogP contribution in [-0.2, 0) is 0 Å². The van der Waals surface area contributed by atoms with Gasteiger partial charge in [-0.05, 0) is 36.4 Å². The van der Waals surface area contributed by atoms with Gasteiger partial charge in [-0.15, -0.1) is 6.58 Å². The average Bonchev–Trinajstić information content (AvgIpc) is 2.60. The third-order valence-corrected chi connectivity index (χ3v) is 3.36. The quantitative estimate of drug-likeness (QED) is 0.675. The number of benzene rings is 2. The Morgan fingerprint density at radius 2 is 1.87 bits per heavy atom. The van der Waals surface area contributed by atoms with Gasteiger partial charge in [-0.25, -0.2) is 4.98 Å². The highest BCUT2D eigenvalue weighted by Gasteiger charge is 2.07. The number of para-hydroxylation sites is 1. The molecule has 0 saturated heterocycles. The van der Waals surface area contributed by atoms with Gasteiger partial charge >= 0.3 is 0 Å². The number of fused-ring (bicyclic) bond motifs is 1. The first kappa shape index (κ1) is 14.8. The van der Waals surface area contributed by atoms with Crippen molar-refractivity contribution in [1.29, 1.82) is 0 Å². The van der Waals surface area contributed by atoms with Crippen molar-refractivity contribution in [2.45, 2.75) is 0 Å². The number of hydrogen-bond acceptors (Lipinski definition) is 5. The van der Waals surface area contributed by atoms with E-state index >= 15 is 0 Å². The van der Waals surface area contributed by atoms with E-state index in [-0.39, 0.29) is 0 Å². The fourth-order valence-corrected chi connectivity index (χ4v) is 2.24. The Kier molecular flexibility index (Phi) is 4.38. The normalized spacial score (nSPS) is 10.3. The van der Waals surface area contributed by atoms with E-state index in [0.29, 0.717) is 12.5 Å². The summed E-state index contributed by atoms with van der Waals surface area (Å²) in [6, 6.07) is 15.5. The highest BCUT2D eigenvalue weighted by Crippen LogP contribution is 2.24. The molecule has 0 aliphatic carbocycles. The number of ether oxygens (including phenoxy) is 1. The van der Waals surface area contributed by atoms with Gasteiger partial charge in [0, 0.05) is 17.6 Å². The lowest BCUT2D eigenvalue weighted by Gasteiger charge is -2.11. The maximum atomic E-state index is 5.16. The summed E-state index contributed by atoms with van der Waals surface area (Å²) in [7, 11) is 1.65. The molecule has 0 unspecified atom stereocenters. The van der Waals surface area contributed by atoms with Crippen molar-refractivity contribution >= 4 is 28.4 Å². The monoisotopic (exact) mass is 306 g/mol. The van der Waals surface area contributed by atoms with Crippen LogP contribution in [0.1, 0.15) is 0 Å². The summed E-state index contributed by atoms with van der Waals surface area (Å²) in [6.07, 6.45) is 1.80. The lowest BCUT2D eigenvalue weighted by atomic mass is 10.2. The highest BCUT2D eigenvalue weighted by molar-refractivity contribution is 5.90. The Labute approximate surface area is 135 Å². The molecular weight excluding hydrogens is 288 g/mol. The Bertz CT molecular complexity index is 815. The Hall–Kier alpha value is -3.08. The molecule has 116 valence electrons. The second kappa shape index (κ2) is 6.79. The summed E-state index contributed by atoms with van der Waals surface area (Å²) in [5.41, 5.74) is 1.78. The lowest BCUT2D eigenvalue weighted by molar-refractivity contribution is 0.415. The Balaban J connectivity index is 1.94. The molecule has 0 aliphatic rings. The van der Waals surface area contributed by atoms with Crippen LogP contribution in [0.5, 0.6) is 5.75 Å². The second-order valence-corrected chi connectivity index (χ2v) is 4.94. The van der Waals surface area contributed by atoms with E-state index in [1.165, 1.54) is 0 Å². The third-order valence-electron chi connectivity index (χ3n) is 3.36. The van der Waals surface area contributed by atoms with Crippen molar-refractivity contribution in [3.05, 3.63) is 61.2 Å². The van der Waals surface area contributed by atoms with E-state index in [9.17, 15) is 0 Å². The number of rotatable bonds is 6. The smallest absolute Gasteiger partial charge is 0.229 e. The predicted octanol–water partition coefficient (Wildman–Crippen LogP) is 3.98. The lowest BCUT2D eigenvalue weighted by Crippen LogP contribution is -2.05. The van der Waals surface area contributed by atoms with Crippen molar-refractivity contribution in [3.63, 3.8) is 0 Å². The molecule has 0 atom stereocenters. The molecule has 0 bridgehead atoms. The van der Waals surface area contributed by atoms with Crippen LogP contribution in [0.3, 0.4) is 0 Å². The maximum absolute atomic E-state index is 5.16. The van der Waals surface area contributed by atoms with E-state index in [2.05, 4.69) is 27.2 Å². The van der Waals surface area contributed by atoms with Crippen molar-refractivity contribution in [2.75, 3.05) is 24.3 Å². The zero-order chi connectivity index (χ0) is 16.1. The second-order valence-electron chi connectivity index (χ2n) is 4.94. The van der Waals surface area contributed by atoms with E-state index in [4.69, 9.17) is 4.74 Å². The molecule has 0 aliphatic heterocycles. The van der Waals surface area contributed by atoms with Gasteiger partial charge < -0.3 is 15.4 Å². The number of nitrogens with zero attached hydrogens (tertiary/aromatic N) is 2. The minimum atomic E-state index is 0.542. The molecule has 0 radical (unpaired) electrons. The molecule has 2 N–H and O–H groups in total. The van der Waals surface area contributed by atoms with Gasteiger partial charge in [-0.2, -0.15) is 4.98 Å². The molecule has 5 heteroatoms. The van der Waals surface area contributed by atoms with Crippen LogP contribution in [0.4, 0.5) is 17.5 Å². The largest absolute Gasteiger partial charge is 0.497 e. The van der Waals surface area contributed by atoms with E-state index in [1.807, 2.05) is 48.5 Å². The highest BCUT2D eigenvalue weighted by atomic mass is 16.5. The summed E-state index contributed by atoms with van der Waals surface area (Å²) < 4.78 is 5.16. The minimum absolute atomic E-state index is 0.542. The zero-order valence-corrected chi connectivity index (χ0v) is 12.9. The van der Waals surface area contributed by atoms with Crippen LogP contribution >= 0.6 is 0 Å². The standard InChI is InChI=1S/C18H18N4O/c1-3-12-19-17-15-6-4-5-7-16(15)21-18(22-17)20-13-8-10-14(23-2)11-9-13/h3-11H,1,12H2,2H3,(H2,19,20,21,22). The number of anilines is 3. The topological polar surface area (TPSA) is 59.1 Å². The molecule has 0 fully saturated rings. The summed E-state index contributed by atoms with van der Waals surface area (Å²) in [5, 5.41) is 7.45. The summed E-state index contributed by atoms with van der Waals surface area (Å²) in [6.45, 7) is 4.37. The van der Waals surface area contributed by atoms with Crippen LogP contribution in [0.25, 0.3) is 10.9 Å². The fourth-order valence-electron chi connectivity index (χ4n) is 2.24. The molecule has 0 saturated carbocycles. The fraction of sp³-hybridized carbons (Fsp3) is 0.111. The van der Waals surface area contributed by atoms with E-state index < -0.39 is 0 Å². The molecule has 1 heterocycles. The van der Waals surface area contributed by atoms with Crippen molar-refractivity contribution < 1.29 is 4.74 Å².